The number of methoxy groups -OCH3 is 4. The molecule has 1 saturated heterocycles. The van der Waals surface area contributed by atoms with E-state index < -0.39 is 84.4 Å². The predicted octanol–water partition coefficient (Wildman–Crippen LogP) is 9.45. The van der Waals surface area contributed by atoms with Crippen LogP contribution >= 0.6 is 47.8 Å². The normalized spacial score (nSPS) is 24.0. The summed E-state index contributed by atoms with van der Waals surface area (Å²) in [7, 11) is 5.48. The maximum atomic E-state index is 14.4. The highest BCUT2D eigenvalue weighted by molar-refractivity contribution is 9.11. The third-order valence-corrected chi connectivity index (χ3v) is 14.7. The Labute approximate surface area is 450 Å². The van der Waals surface area contributed by atoms with Crippen LogP contribution in [0.3, 0.4) is 0 Å². The number of esters is 4. The van der Waals surface area contributed by atoms with E-state index in [4.69, 9.17) is 52.1 Å². The van der Waals surface area contributed by atoms with Gasteiger partial charge in [0.1, 0.15) is 41.6 Å². The molecular weight excluding hydrogens is 1160 g/mol. The van der Waals surface area contributed by atoms with E-state index in [1.807, 2.05) is 0 Å². The van der Waals surface area contributed by atoms with Crippen molar-refractivity contribution in [3.8, 4) is 23.0 Å². The van der Waals surface area contributed by atoms with Crippen molar-refractivity contribution >= 4 is 71.7 Å². The predicted molar refractivity (Wildman–Crippen MR) is 274 cm³/mol. The molecule has 9 rings (SSSR count). The van der Waals surface area contributed by atoms with Gasteiger partial charge in [0.25, 0.3) is 6.29 Å². The topological polar surface area (TPSA) is 190 Å². The third kappa shape index (κ3) is 10.0. The van der Waals surface area contributed by atoms with Gasteiger partial charge in [-0.3, -0.25) is 4.79 Å². The zero-order chi connectivity index (χ0) is 52.3. The van der Waals surface area contributed by atoms with Gasteiger partial charge in [-0.2, -0.15) is 0 Å². The summed E-state index contributed by atoms with van der Waals surface area (Å²) in [6, 6.07) is 38.2. The number of benzene rings is 6. The first-order valence-electron chi connectivity index (χ1n) is 23.0. The fourth-order valence-corrected chi connectivity index (χ4v) is 10.5. The van der Waals surface area contributed by atoms with Gasteiger partial charge in [0.15, 0.2) is 23.4 Å². The van der Waals surface area contributed by atoms with Gasteiger partial charge in [-0.25, -0.2) is 14.4 Å². The van der Waals surface area contributed by atoms with Crippen molar-refractivity contribution in [2.75, 3.05) is 41.7 Å². The summed E-state index contributed by atoms with van der Waals surface area (Å²) < 4.78 is 69.4. The van der Waals surface area contributed by atoms with Crippen molar-refractivity contribution in [1.82, 2.24) is 0 Å². The highest BCUT2D eigenvalue weighted by Crippen LogP contribution is 2.71. The summed E-state index contributed by atoms with van der Waals surface area (Å²) in [5.41, 5.74) is -2.82. The van der Waals surface area contributed by atoms with E-state index >= 15 is 0 Å². The molecule has 6 aromatic carbocycles. The maximum absolute atomic E-state index is 14.4. The zero-order valence-electron chi connectivity index (χ0n) is 39.9. The van der Waals surface area contributed by atoms with E-state index in [1.54, 1.807) is 127 Å². The van der Waals surface area contributed by atoms with Gasteiger partial charge in [0.2, 0.25) is 6.29 Å². The number of carbonyl (C=O) groups is 4. The molecule has 74 heavy (non-hydrogen) atoms. The number of hydrogen-bond acceptors (Lipinski definition) is 16. The third-order valence-electron chi connectivity index (χ3n) is 13.1. The summed E-state index contributed by atoms with van der Waals surface area (Å²) in [5.74, 6) is -4.95. The first-order valence-corrected chi connectivity index (χ1v) is 25.3. The number of rotatable bonds is 16. The standard InChI is InChI=1S/C55H47Br3O16/c1-64-38-24-16-34(17-25-38)55-45(30-8-6-5-7-9-30)44(51(62)66-3)47(73-50(61)33-14-22-37(58)23-15-33)54(55,63)46-40(65-2)26-39(27-41(46)74-55)70-53-52(67-4)69-29-43(72-53)42(71-49(60)32-12-20-36(57)21-13-32)28-68-48(59)31-10-18-35(56)19-11-31/h5-27,42-45,47,52-53,63H,28-29H2,1-4H3/t42-,43-,44-,45-,47-,52-,53-,54+,55+/m1/s1. The highest BCUT2D eigenvalue weighted by Gasteiger charge is 2.80. The fraction of sp³-hybridized carbons (Fsp3) is 0.273. The molecule has 16 nitrogen and oxygen atoms in total. The smallest absolute Gasteiger partial charge is 0.338 e. The SMILES string of the molecule is COC(=O)[C@H]1[C@@H](OC(=O)c2ccc(Br)cc2)[C@@]2(O)c3c(OC)cc(O[C@@H]4O[C@@H]([C@@H](COC(=O)c5ccc(Br)cc5)OC(=O)c5ccc(Br)cc5)CO[C@H]4OC)cc3O[C@@]2(c2ccc(OC)cc2)[C@@H]1c1ccccc1. The van der Waals surface area contributed by atoms with Crippen LogP contribution in [0.2, 0.25) is 0 Å². The monoisotopic (exact) mass is 1200 g/mol. The van der Waals surface area contributed by atoms with Gasteiger partial charge < -0.3 is 57.2 Å². The van der Waals surface area contributed by atoms with E-state index in [0.29, 0.717) is 21.3 Å². The molecule has 0 bridgehead atoms. The Morgan fingerprint density at radius 2 is 1.28 bits per heavy atom. The minimum Gasteiger partial charge on any atom is -0.497 e. The zero-order valence-corrected chi connectivity index (χ0v) is 44.7. The number of carbonyl (C=O) groups excluding carboxylic acids is 4. The Morgan fingerprint density at radius 3 is 1.85 bits per heavy atom. The van der Waals surface area contributed by atoms with Crippen LogP contribution in [0.15, 0.2) is 153 Å². The highest BCUT2D eigenvalue weighted by atomic mass is 79.9. The Hall–Kier alpha value is -6.32. The van der Waals surface area contributed by atoms with Gasteiger partial charge in [-0.15, -0.1) is 0 Å². The second kappa shape index (κ2) is 22.3. The van der Waals surface area contributed by atoms with E-state index in [0.717, 1.165) is 8.95 Å². The Balaban J connectivity index is 1.12. The first kappa shape index (κ1) is 52.5. The molecule has 0 unspecified atom stereocenters. The van der Waals surface area contributed by atoms with Crippen LogP contribution in [0.25, 0.3) is 0 Å². The van der Waals surface area contributed by atoms with Crippen molar-refractivity contribution in [2.24, 2.45) is 5.92 Å². The molecule has 19 heteroatoms. The molecule has 0 amide bonds. The van der Waals surface area contributed by atoms with Crippen LogP contribution in [0.1, 0.15) is 53.7 Å². The molecular formula is C55H47Br3O16. The lowest BCUT2D eigenvalue weighted by Gasteiger charge is -2.41. The second-order valence-electron chi connectivity index (χ2n) is 17.3. The van der Waals surface area contributed by atoms with Gasteiger partial charge in [-0.1, -0.05) is 90.3 Å². The first-order chi connectivity index (χ1) is 35.7. The lowest BCUT2D eigenvalue weighted by atomic mass is 9.70. The molecule has 0 spiro atoms. The lowest BCUT2D eigenvalue weighted by Crippen LogP contribution is -2.53. The summed E-state index contributed by atoms with van der Waals surface area (Å²) in [5, 5.41) is 14.1. The van der Waals surface area contributed by atoms with Crippen LogP contribution in [-0.2, 0) is 49.2 Å². The van der Waals surface area contributed by atoms with Crippen LogP contribution in [0.5, 0.6) is 23.0 Å². The van der Waals surface area contributed by atoms with Crippen molar-refractivity contribution in [3.05, 3.63) is 186 Å². The molecule has 2 fully saturated rings. The summed E-state index contributed by atoms with van der Waals surface area (Å²) in [6.07, 6.45) is -6.58. The summed E-state index contributed by atoms with van der Waals surface area (Å²) >= 11 is 10.2. The molecule has 1 aliphatic carbocycles. The van der Waals surface area contributed by atoms with Gasteiger partial charge in [0, 0.05) is 38.6 Å². The van der Waals surface area contributed by atoms with Crippen molar-refractivity contribution in [2.45, 2.75) is 48.0 Å². The molecule has 0 radical (unpaired) electrons. The minimum atomic E-state index is -2.42. The average molecular weight is 1200 g/mol. The molecule has 9 atom stereocenters. The Bertz CT molecular complexity index is 3000. The molecule has 0 aromatic heterocycles. The van der Waals surface area contributed by atoms with E-state index in [2.05, 4.69) is 47.8 Å². The average Bonchev–Trinajstić information content (AvgIpc) is 3.84. The molecule has 1 N–H and O–H groups in total. The number of fused-ring (bicyclic) bond motifs is 3. The van der Waals surface area contributed by atoms with Crippen LogP contribution < -0.4 is 18.9 Å². The quantitative estimate of drug-likeness (QED) is 0.0712. The molecule has 384 valence electrons. The summed E-state index contributed by atoms with van der Waals surface area (Å²) in [4.78, 5) is 55.6. The van der Waals surface area contributed by atoms with Crippen molar-refractivity contribution < 1.29 is 76.4 Å². The molecule has 3 aliphatic rings. The van der Waals surface area contributed by atoms with E-state index in [9.17, 15) is 24.3 Å². The fourth-order valence-electron chi connectivity index (χ4n) is 9.72. The molecule has 2 aliphatic heterocycles. The van der Waals surface area contributed by atoms with Gasteiger partial charge >= 0.3 is 23.9 Å². The van der Waals surface area contributed by atoms with Crippen molar-refractivity contribution in [3.63, 3.8) is 0 Å². The lowest BCUT2D eigenvalue weighted by molar-refractivity contribution is -0.323. The molecule has 1 saturated carbocycles. The van der Waals surface area contributed by atoms with E-state index in [-0.39, 0.29) is 46.1 Å². The largest absolute Gasteiger partial charge is 0.497 e. The maximum Gasteiger partial charge on any atom is 0.338 e. The van der Waals surface area contributed by atoms with Gasteiger partial charge in [0.05, 0.1) is 50.2 Å². The van der Waals surface area contributed by atoms with E-state index in [1.165, 1.54) is 40.6 Å². The van der Waals surface area contributed by atoms with Gasteiger partial charge in [-0.05, 0) is 96.1 Å². The molecule has 2 heterocycles. The minimum absolute atomic E-state index is 0.000748. The number of hydrogen-bond donors (Lipinski definition) is 1. The second-order valence-corrected chi connectivity index (χ2v) is 20.0. The van der Waals surface area contributed by atoms with Crippen LogP contribution in [0.4, 0.5) is 0 Å². The van der Waals surface area contributed by atoms with Crippen LogP contribution in [-0.4, -0.2) is 102 Å². The summed E-state index contributed by atoms with van der Waals surface area (Å²) in [6.45, 7) is -0.631. The van der Waals surface area contributed by atoms with Crippen LogP contribution in [0, 0.1) is 5.92 Å². The molecule has 6 aromatic rings. The number of ether oxygens (including phenoxy) is 11. The number of halogens is 3. The Kier molecular flexibility index (Phi) is 15.8. The van der Waals surface area contributed by atoms with Crippen molar-refractivity contribution in [1.29, 1.82) is 0 Å². The Morgan fingerprint density at radius 1 is 0.689 bits per heavy atom. The number of aliphatic hydroxyl groups is 1.